The summed E-state index contributed by atoms with van der Waals surface area (Å²) in [6, 6.07) is 19.5. The number of nitrogens with one attached hydrogen (secondary N) is 2. The van der Waals surface area contributed by atoms with Gasteiger partial charge < -0.3 is 15.1 Å². The fraction of sp³-hybridized carbons (Fsp3) is 0.0435. The molecular weight excluding hydrogens is 409 g/mol. The van der Waals surface area contributed by atoms with Crippen LogP contribution in [0.5, 0.6) is 0 Å². The lowest BCUT2D eigenvalue weighted by Crippen LogP contribution is -2.20. The summed E-state index contributed by atoms with van der Waals surface area (Å²) in [4.78, 5) is 25.6. The number of benzene rings is 3. The van der Waals surface area contributed by atoms with Crippen molar-refractivity contribution in [3.8, 4) is 0 Å². The zero-order chi connectivity index (χ0) is 22.0. The van der Waals surface area contributed by atoms with E-state index in [0.29, 0.717) is 16.7 Å². The molecule has 0 bridgehead atoms. The standard InChI is InChI=1S/C23H15F3N2O3/c24-23(25,26)17-12-6-4-10-15(17)21(29)28-19-16-11-5-7-13-18(16)31-20(19)22(30)27-14-8-2-1-3-9-14/h1-13H,(H,27,30)(H,28,29). The Morgan fingerprint density at radius 2 is 1.39 bits per heavy atom. The third kappa shape index (κ3) is 4.13. The van der Waals surface area contributed by atoms with E-state index >= 15 is 0 Å². The lowest BCUT2D eigenvalue weighted by Gasteiger charge is -2.13. The molecule has 156 valence electrons. The van der Waals surface area contributed by atoms with Crippen molar-refractivity contribution in [2.45, 2.75) is 6.18 Å². The van der Waals surface area contributed by atoms with Crippen LogP contribution in [0, 0.1) is 0 Å². The molecule has 0 atom stereocenters. The second-order valence-electron chi connectivity index (χ2n) is 6.62. The number of hydrogen-bond donors (Lipinski definition) is 2. The van der Waals surface area contributed by atoms with E-state index in [1.54, 1.807) is 54.6 Å². The van der Waals surface area contributed by atoms with Gasteiger partial charge in [-0.25, -0.2) is 0 Å². The highest BCUT2D eigenvalue weighted by Gasteiger charge is 2.35. The molecule has 0 unspecified atom stereocenters. The van der Waals surface area contributed by atoms with Gasteiger partial charge in [-0.15, -0.1) is 0 Å². The van der Waals surface area contributed by atoms with Gasteiger partial charge in [0.2, 0.25) is 5.76 Å². The first-order chi connectivity index (χ1) is 14.8. The zero-order valence-electron chi connectivity index (χ0n) is 15.9. The van der Waals surface area contributed by atoms with Crippen molar-refractivity contribution in [3.05, 3.63) is 95.7 Å². The Morgan fingerprint density at radius 3 is 2.13 bits per heavy atom. The number of alkyl halides is 3. The minimum absolute atomic E-state index is 0.00833. The van der Waals surface area contributed by atoms with Crippen LogP contribution in [-0.2, 0) is 6.18 Å². The average Bonchev–Trinajstić information content (AvgIpc) is 3.12. The van der Waals surface area contributed by atoms with Gasteiger partial charge in [0.25, 0.3) is 11.8 Å². The molecule has 0 fully saturated rings. The molecule has 4 rings (SSSR count). The second kappa shape index (κ2) is 7.98. The fourth-order valence-corrected chi connectivity index (χ4v) is 3.15. The van der Waals surface area contributed by atoms with Crippen LogP contribution in [0.3, 0.4) is 0 Å². The molecule has 0 radical (unpaired) electrons. The first-order valence-corrected chi connectivity index (χ1v) is 9.20. The number of amides is 2. The van der Waals surface area contributed by atoms with E-state index < -0.39 is 29.1 Å². The monoisotopic (exact) mass is 424 g/mol. The topological polar surface area (TPSA) is 71.3 Å². The molecule has 2 N–H and O–H groups in total. The average molecular weight is 424 g/mol. The maximum Gasteiger partial charge on any atom is 0.417 e. The van der Waals surface area contributed by atoms with Crippen molar-refractivity contribution in [2.75, 3.05) is 10.6 Å². The first kappa shape index (κ1) is 20.2. The quantitative estimate of drug-likeness (QED) is 0.425. The molecule has 0 saturated carbocycles. The molecule has 1 aromatic heterocycles. The summed E-state index contributed by atoms with van der Waals surface area (Å²) in [5, 5.41) is 5.47. The van der Waals surface area contributed by atoms with E-state index in [2.05, 4.69) is 10.6 Å². The smallest absolute Gasteiger partial charge is 0.417 e. The van der Waals surface area contributed by atoms with E-state index in [0.717, 1.165) is 12.1 Å². The number of anilines is 2. The van der Waals surface area contributed by atoms with E-state index in [4.69, 9.17) is 4.42 Å². The second-order valence-corrected chi connectivity index (χ2v) is 6.62. The highest BCUT2D eigenvalue weighted by molar-refractivity contribution is 6.17. The molecule has 1 heterocycles. The molecule has 31 heavy (non-hydrogen) atoms. The van der Waals surface area contributed by atoms with Crippen LogP contribution in [0.15, 0.2) is 83.3 Å². The predicted octanol–water partition coefficient (Wildman–Crippen LogP) is 5.96. The van der Waals surface area contributed by atoms with Crippen LogP contribution in [0.25, 0.3) is 11.0 Å². The van der Waals surface area contributed by atoms with E-state index in [-0.39, 0.29) is 11.4 Å². The van der Waals surface area contributed by atoms with Gasteiger partial charge in [0.15, 0.2) is 0 Å². The Hall–Kier alpha value is -4.07. The maximum atomic E-state index is 13.3. The van der Waals surface area contributed by atoms with Gasteiger partial charge >= 0.3 is 6.18 Å². The van der Waals surface area contributed by atoms with Crippen molar-refractivity contribution in [1.29, 1.82) is 0 Å². The van der Waals surface area contributed by atoms with Gasteiger partial charge in [0, 0.05) is 11.1 Å². The maximum absolute atomic E-state index is 13.3. The van der Waals surface area contributed by atoms with E-state index in [1.807, 2.05) is 0 Å². The van der Waals surface area contributed by atoms with Gasteiger partial charge in [-0.1, -0.05) is 42.5 Å². The third-order valence-electron chi connectivity index (χ3n) is 4.55. The van der Waals surface area contributed by atoms with Crippen LogP contribution >= 0.6 is 0 Å². The van der Waals surface area contributed by atoms with Crippen LogP contribution in [0.4, 0.5) is 24.5 Å². The van der Waals surface area contributed by atoms with Gasteiger partial charge in [-0.3, -0.25) is 9.59 Å². The highest BCUT2D eigenvalue weighted by Crippen LogP contribution is 2.35. The lowest BCUT2D eigenvalue weighted by molar-refractivity contribution is -0.137. The summed E-state index contributed by atoms with van der Waals surface area (Å²) in [6.45, 7) is 0. The van der Waals surface area contributed by atoms with Gasteiger partial charge in [-0.2, -0.15) is 13.2 Å². The largest absolute Gasteiger partial charge is 0.449 e. The molecule has 0 aliphatic rings. The number of carbonyl (C=O) groups excluding carboxylic acids is 2. The molecule has 0 aliphatic carbocycles. The van der Waals surface area contributed by atoms with Crippen LogP contribution in [0.2, 0.25) is 0 Å². The Labute approximate surface area is 174 Å². The Kier molecular flexibility index (Phi) is 5.21. The highest BCUT2D eigenvalue weighted by atomic mass is 19.4. The number of hydrogen-bond acceptors (Lipinski definition) is 3. The molecule has 0 spiro atoms. The minimum Gasteiger partial charge on any atom is -0.449 e. The number of furan rings is 1. The molecule has 5 nitrogen and oxygen atoms in total. The van der Waals surface area contributed by atoms with Gasteiger partial charge in [0.05, 0.1) is 11.1 Å². The minimum atomic E-state index is -4.71. The van der Waals surface area contributed by atoms with Gasteiger partial charge in [0.1, 0.15) is 11.3 Å². The summed E-state index contributed by atoms with van der Waals surface area (Å²) in [5.41, 5.74) is -0.843. The summed E-state index contributed by atoms with van der Waals surface area (Å²) in [5.74, 6) is -1.88. The summed E-state index contributed by atoms with van der Waals surface area (Å²) < 4.78 is 45.6. The zero-order valence-corrected chi connectivity index (χ0v) is 15.9. The third-order valence-corrected chi connectivity index (χ3v) is 4.55. The summed E-state index contributed by atoms with van der Waals surface area (Å²) in [6.07, 6.45) is -4.71. The van der Waals surface area contributed by atoms with E-state index in [9.17, 15) is 22.8 Å². The molecule has 2 amide bonds. The predicted molar refractivity (Wildman–Crippen MR) is 110 cm³/mol. The van der Waals surface area contributed by atoms with Crippen molar-refractivity contribution in [3.63, 3.8) is 0 Å². The van der Waals surface area contributed by atoms with Crippen molar-refractivity contribution in [1.82, 2.24) is 0 Å². The molecule has 8 heteroatoms. The molecule has 4 aromatic rings. The number of carbonyl (C=O) groups is 2. The number of halogens is 3. The van der Waals surface area contributed by atoms with Crippen molar-refractivity contribution in [2.24, 2.45) is 0 Å². The molecule has 0 aliphatic heterocycles. The van der Waals surface area contributed by atoms with Crippen LogP contribution < -0.4 is 10.6 Å². The lowest BCUT2D eigenvalue weighted by atomic mass is 10.1. The number of rotatable bonds is 4. The fourth-order valence-electron chi connectivity index (χ4n) is 3.15. The van der Waals surface area contributed by atoms with Crippen molar-refractivity contribution >= 4 is 34.2 Å². The van der Waals surface area contributed by atoms with Crippen LogP contribution in [0.1, 0.15) is 26.5 Å². The van der Waals surface area contributed by atoms with Crippen LogP contribution in [-0.4, -0.2) is 11.8 Å². The van der Waals surface area contributed by atoms with Crippen molar-refractivity contribution < 1.29 is 27.2 Å². The Morgan fingerprint density at radius 1 is 0.742 bits per heavy atom. The van der Waals surface area contributed by atoms with E-state index in [1.165, 1.54) is 12.1 Å². The summed E-state index contributed by atoms with van der Waals surface area (Å²) in [7, 11) is 0. The number of para-hydroxylation sites is 2. The number of fused-ring (bicyclic) bond motifs is 1. The Balaban J connectivity index is 1.73. The van der Waals surface area contributed by atoms with Gasteiger partial charge in [-0.05, 0) is 36.4 Å². The first-order valence-electron chi connectivity index (χ1n) is 9.20. The normalized spacial score (nSPS) is 11.3. The molecule has 3 aromatic carbocycles. The molecular formula is C23H15F3N2O3. The summed E-state index contributed by atoms with van der Waals surface area (Å²) >= 11 is 0. The Bertz CT molecular complexity index is 1260. The molecule has 0 saturated heterocycles. The SMILES string of the molecule is O=C(Nc1c(C(=O)Nc2ccccc2)oc2ccccc12)c1ccccc1C(F)(F)F.